The number of aryl methyl sites for hydroxylation is 1. The third-order valence-corrected chi connectivity index (χ3v) is 9.01. The van der Waals surface area contributed by atoms with Gasteiger partial charge in [-0.25, -0.2) is 5.10 Å². The smallest absolute Gasteiger partial charge is 0.272 e. The largest absolute Gasteiger partial charge is 0.491 e. The normalized spacial score (nSPS) is 21.5. The van der Waals surface area contributed by atoms with Gasteiger partial charge in [0.2, 0.25) is 11.8 Å². The molecule has 0 radical (unpaired) electrons. The number of H-pyrrole nitrogens is 1. The summed E-state index contributed by atoms with van der Waals surface area (Å²) in [6.45, 7) is 2.43. The third kappa shape index (κ3) is 5.04. The van der Waals surface area contributed by atoms with Gasteiger partial charge in [0.1, 0.15) is 12.4 Å². The first-order valence-electron chi connectivity index (χ1n) is 14.3. The van der Waals surface area contributed by atoms with E-state index in [9.17, 15) is 14.4 Å². The molecule has 0 aliphatic carbocycles. The van der Waals surface area contributed by atoms with Crippen LogP contribution in [0.3, 0.4) is 0 Å². The Balaban J connectivity index is 1.17. The van der Waals surface area contributed by atoms with Gasteiger partial charge >= 0.3 is 0 Å². The van der Waals surface area contributed by atoms with Crippen molar-refractivity contribution in [3.05, 3.63) is 70.1 Å². The van der Waals surface area contributed by atoms with Gasteiger partial charge in [-0.2, -0.15) is 5.10 Å². The van der Waals surface area contributed by atoms with E-state index in [-0.39, 0.29) is 29.8 Å². The highest BCUT2D eigenvalue weighted by molar-refractivity contribution is 5.89. The second-order valence-corrected chi connectivity index (χ2v) is 11.3. The molecule has 1 spiro atoms. The summed E-state index contributed by atoms with van der Waals surface area (Å²) in [5.41, 5.74) is 1.14. The maximum atomic E-state index is 14.1. The van der Waals surface area contributed by atoms with Gasteiger partial charge in [-0.3, -0.25) is 14.4 Å². The molecule has 39 heavy (non-hydrogen) atoms. The van der Waals surface area contributed by atoms with Gasteiger partial charge in [0.25, 0.3) is 5.56 Å². The molecule has 1 aromatic heterocycles. The Labute approximate surface area is 228 Å². The minimum atomic E-state index is -0.430. The van der Waals surface area contributed by atoms with Gasteiger partial charge in [0.05, 0.1) is 29.0 Å². The number of rotatable bonds is 2. The summed E-state index contributed by atoms with van der Waals surface area (Å²) in [5.74, 6) is 1.19. The van der Waals surface area contributed by atoms with E-state index in [1.165, 1.54) is 5.56 Å². The summed E-state index contributed by atoms with van der Waals surface area (Å²) < 4.78 is 6.27. The molecule has 0 unspecified atom stereocenters. The van der Waals surface area contributed by atoms with E-state index in [1.807, 2.05) is 35.2 Å². The monoisotopic (exact) mass is 528 g/mol. The van der Waals surface area contributed by atoms with Crippen LogP contribution in [0, 0.1) is 5.41 Å². The Morgan fingerprint density at radius 1 is 0.949 bits per heavy atom. The summed E-state index contributed by atoms with van der Waals surface area (Å²) >= 11 is 0. The summed E-state index contributed by atoms with van der Waals surface area (Å²) in [5, 5.41) is 7.97. The predicted octanol–water partition coefficient (Wildman–Crippen LogP) is 3.87. The van der Waals surface area contributed by atoms with Crippen LogP contribution in [-0.4, -0.2) is 64.1 Å². The topological polar surface area (TPSA) is 95.6 Å². The number of aromatic amines is 1. The van der Waals surface area contributed by atoms with Crippen LogP contribution in [0.2, 0.25) is 0 Å². The summed E-state index contributed by atoms with van der Waals surface area (Å²) in [6.07, 6.45) is 7.23. The number of benzene rings is 2. The molecule has 3 aliphatic rings. The number of amides is 2. The first-order valence-corrected chi connectivity index (χ1v) is 14.3. The van der Waals surface area contributed by atoms with Crippen LogP contribution < -0.4 is 10.3 Å². The van der Waals surface area contributed by atoms with Gasteiger partial charge < -0.3 is 14.5 Å². The second-order valence-electron chi connectivity index (χ2n) is 11.3. The van der Waals surface area contributed by atoms with Crippen LogP contribution in [-0.2, 0) is 22.4 Å². The van der Waals surface area contributed by atoms with E-state index in [4.69, 9.17) is 4.74 Å². The first-order chi connectivity index (χ1) is 19.0. The van der Waals surface area contributed by atoms with Gasteiger partial charge in [0.15, 0.2) is 0 Å². The number of fused-ring (bicyclic) bond motifs is 3. The minimum absolute atomic E-state index is 0.0146. The summed E-state index contributed by atoms with van der Waals surface area (Å²) in [6, 6.07) is 15.6. The highest BCUT2D eigenvalue weighted by Gasteiger charge is 2.46. The second kappa shape index (κ2) is 10.8. The SMILES string of the molecule is O=C(Cc1n[nH]c(=O)c2ccccc12)N1CCC2(CCCCc3ccccc3OC[C@@H]3CCCN3C2=O)CC1. The van der Waals surface area contributed by atoms with Crippen molar-refractivity contribution in [3.63, 3.8) is 0 Å². The van der Waals surface area contributed by atoms with Crippen molar-refractivity contribution < 1.29 is 14.3 Å². The molecular formula is C31H36N4O4. The lowest BCUT2D eigenvalue weighted by Gasteiger charge is -2.44. The molecule has 2 aromatic carbocycles. The highest BCUT2D eigenvalue weighted by atomic mass is 16.5. The Morgan fingerprint density at radius 3 is 2.56 bits per heavy atom. The molecule has 1 atom stereocenters. The maximum absolute atomic E-state index is 14.1. The predicted molar refractivity (Wildman–Crippen MR) is 149 cm³/mol. The number of nitrogens with one attached hydrogen (secondary N) is 1. The maximum Gasteiger partial charge on any atom is 0.272 e. The zero-order chi connectivity index (χ0) is 26.8. The van der Waals surface area contributed by atoms with Crippen LogP contribution in [0.15, 0.2) is 53.3 Å². The van der Waals surface area contributed by atoms with E-state index in [0.29, 0.717) is 49.0 Å². The van der Waals surface area contributed by atoms with Crippen molar-refractivity contribution >= 4 is 22.6 Å². The molecular weight excluding hydrogens is 492 g/mol. The lowest BCUT2D eigenvalue weighted by atomic mass is 9.72. The van der Waals surface area contributed by atoms with E-state index < -0.39 is 5.41 Å². The minimum Gasteiger partial charge on any atom is -0.491 e. The number of aromatic nitrogens is 2. The lowest BCUT2D eigenvalue weighted by molar-refractivity contribution is -0.150. The molecule has 2 fully saturated rings. The van der Waals surface area contributed by atoms with Crippen molar-refractivity contribution in [2.24, 2.45) is 5.41 Å². The van der Waals surface area contributed by atoms with Gasteiger partial charge in [0, 0.05) is 25.0 Å². The van der Waals surface area contributed by atoms with Gasteiger partial charge in [-0.15, -0.1) is 0 Å². The molecule has 8 nitrogen and oxygen atoms in total. The fraction of sp³-hybridized carbons (Fsp3) is 0.484. The molecule has 2 saturated heterocycles. The number of nitrogens with zero attached hydrogens (tertiary/aromatic N) is 3. The quantitative estimate of drug-likeness (QED) is 0.545. The summed E-state index contributed by atoms with van der Waals surface area (Å²) in [7, 11) is 0. The number of likely N-dealkylation sites (tertiary alicyclic amines) is 1. The number of hydrogen-bond donors (Lipinski definition) is 1. The Kier molecular flexibility index (Phi) is 7.11. The Bertz CT molecular complexity index is 1430. The van der Waals surface area contributed by atoms with Crippen molar-refractivity contribution in [3.8, 4) is 5.75 Å². The molecule has 8 heteroatoms. The van der Waals surface area contributed by atoms with Crippen molar-refractivity contribution in [1.82, 2.24) is 20.0 Å². The van der Waals surface area contributed by atoms with E-state index >= 15 is 0 Å². The third-order valence-electron chi connectivity index (χ3n) is 9.01. The van der Waals surface area contributed by atoms with Crippen LogP contribution in [0.25, 0.3) is 10.8 Å². The average Bonchev–Trinajstić information content (AvgIpc) is 3.44. The Hall–Kier alpha value is -3.68. The molecule has 0 bridgehead atoms. The van der Waals surface area contributed by atoms with Crippen molar-refractivity contribution in [2.45, 2.75) is 63.8 Å². The van der Waals surface area contributed by atoms with Gasteiger partial charge in [-0.1, -0.05) is 42.8 Å². The van der Waals surface area contributed by atoms with Crippen LogP contribution >= 0.6 is 0 Å². The molecule has 4 heterocycles. The number of hydrogen-bond acceptors (Lipinski definition) is 5. The van der Waals surface area contributed by atoms with E-state index in [2.05, 4.69) is 27.2 Å². The zero-order valence-electron chi connectivity index (χ0n) is 22.4. The standard InChI is InChI=1S/C31H36N4O4/c36-28(20-26-24-11-2-3-12-25(24)29(37)33-32-26)34-18-15-31(16-19-34)14-6-5-9-22-8-1-4-13-27(22)39-21-23-10-7-17-35(23)30(31)38/h1-4,8,11-13,23H,5-7,9-10,14-21H2,(H,33,37)/t23-/m0/s1. The van der Waals surface area contributed by atoms with Crippen molar-refractivity contribution in [1.29, 1.82) is 0 Å². The molecule has 3 aliphatic heterocycles. The molecule has 0 saturated carbocycles. The van der Waals surface area contributed by atoms with E-state index in [0.717, 1.165) is 50.8 Å². The van der Waals surface area contributed by atoms with Gasteiger partial charge in [-0.05, 0) is 62.6 Å². The van der Waals surface area contributed by atoms with Crippen LogP contribution in [0.1, 0.15) is 56.2 Å². The molecule has 3 aromatic rings. The number of para-hydroxylation sites is 1. The summed E-state index contributed by atoms with van der Waals surface area (Å²) in [4.78, 5) is 43.6. The molecule has 2 amide bonds. The molecule has 6 rings (SSSR count). The fourth-order valence-electron chi connectivity index (χ4n) is 6.71. The Morgan fingerprint density at radius 2 is 1.72 bits per heavy atom. The van der Waals surface area contributed by atoms with Crippen LogP contribution in [0.5, 0.6) is 5.75 Å². The molecule has 204 valence electrons. The zero-order valence-corrected chi connectivity index (χ0v) is 22.4. The fourth-order valence-corrected chi connectivity index (χ4v) is 6.71. The molecule has 1 N–H and O–H groups in total. The van der Waals surface area contributed by atoms with Crippen LogP contribution in [0.4, 0.5) is 0 Å². The number of ether oxygens (including phenoxy) is 1. The number of piperidine rings is 1. The first kappa shape index (κ1) is 25.6. The van der Waals surface area contributed by atoms with Crippen molar-refractivity contribution in [2.75, 3.05) is 26.2 Å². The van der Waals surface area contributed by atoms with E-state index in [1.54, 1.807) is 6.07 Å². The lowest BCUT2D eigenvalue weighted by Crippen LogP contribution is -2.53. The number of carbonyl (C=O) groups excluding carboxylic acids is 2. The average molecular weight is 529 g/mol. The highest BCUT2D eigenvalue weighted by Crippen LogP contribution is 2.41. The number of carbonyl (C=O) groups is 2.